The van der Waals surface area contributed by atoms with Crippen molar-refractivity contribution in [1.29, 1.82) is 0 Å². The van der Waals surface area contributed by atoms with Crippen molar-refractivity contribution in [1.82, 2.24) is 0 Å². The van der Waals surface area contributed by atoms with Crippen molar-refractivity contribution in [2.24, 2.45) is 40.9 Å². The number of benzene rings is 8. The van der Waals surface area contributed by atoms with Crippen molar-refractivity contribution in [3.8, 4) is 5.75 Å². The molecule has 0 bridgehead atoms. The van der Waals surface area contributed by atoms with Crippen LogP contribution in [0.15, 0.2) is 184 Å². The van der Waals surface area contributed by atoms with E-state index >= 15 is 0 Å². The Labute approximate surface area is 434 Å². The Balaban J connectivity index is 0.891. The van der Waals surface area contributed by atoms with Gasteiger partial charge in [-0.1, -0.05) is 18.2 Å². The molecule has 23 heteroatoms. The fourth-order valence-corrected chi connectivity index (χ4v) is 9.00. The number of hydrogen-bond donors (Lipinski definition) is 6. The largest absolute Gasteiger partial charge is 0.505 e. The minimum Gasteiger partial charge on any atom is -0.505 e. The molecule has 0 radical (unpaired) electrons. The van der Waals surface area contributed by atoms with E-state index in [2.05, 4.69) is 51.5 Å². The van der Waals surface area contributed by atoms with E-state index in [-0.39, 0.29) is 40.7 Å². The van der Waals surface area contributed by atoms with Crippen LogP contribution in [0.3, 0.4) is 0 Å². The lowest BCUT2D eigenvalue weighted by molar-refractivity contribution is -0.138. The number of aryl methyl sites for hydroxylation is 4. The monoisotopic (exact) mass is 1060 g/mol. The number of azo groups is 4. The Morgan fingerprint density at radius 2 is 0.974 bits per heavy atom. The van der Waals surface area contributed by atoms with Crippen LogP contribution < -0.4 is 10.6 Å². The molecule has 76 heavy (non-hydrogen) atoms. The zero-order chi connectivity index (χ0) is 54.5. The highest BCUT2D eigenvalue weighted by Crippen LogP contribution is 2.39. The number of aliphatic carboxylic acids is 1. The van der Waals surface area contributed by atoms with Crippen LogP contribution in [0, 0.1) is 27.7 Å². The summed E-state index contributed by atoms with van der Waals surface area (Å²) < 4.78 is 68.1. The van der Waals surface area contributed by atoms with Crippen LogP contribution in [-0.2, 0) is 29.8 Å². The molecule has 0 unspecified atom stereocenters. The molecule has 0 heterocycles. The topological polar surface area (TPSA) is 323 Å². The Kier molecular flexibility index (Phi) is 15.4. The second-order valence-electron chi connectivity index (χ2n) is 17.3. The summed E-state index contributed by atoms with van der Waals surface area (Å²) in [5, 5.41) is 61.2. The van der Waals surface area contributed by atoms with E-state index in [0.717, 1.165) is 34.9 Å². The second kappa shape index (κ2) is 22.0. The molecule has 6 N–H and O–H groups in total. The van der Waals surface area contributed by atoms with Gasteiger partial charge in [0.2, 0.25) is 5.91 Å². The summed E-state index contributed by atoms with van der Waals surface area (Å²) >= 11 is 0. The smallest absolute Gasteiger partial charge is 0.303 e. The summed E-state index contributed by atoms with van der Waals surface area (Å²) in [6, 6.07) is 34.4. The number of hydrogen-bond acceptors (Lipinski definition) is 16. The third-order valence-corrected chi connectivity index (χ3v) is 13.4. The van der Waals surface area contributed by atoms with Crippen LogP contribution in [0.2, 0.25) is 0 Å². The first-order valence-electron chi connectivity index (χ1n) is 22.8. The van der Waals surface area contributed by atoms with Gasteiger partial charge in [-0.3, -0.25) is 23.5 Å². The maximum atomic E-state index is 13.0. The Morgan fingerprint density at radius 1 is 0.461 bits per heavy atom. The van der Waals surface area contributed by atoms with Gasteiger partial charge in [0.15, 0.2) is 5.75 Å². The molecular weight excluding hydrogens is 1020 g/mol. The predicted octanol–water partition coefficient (Wildman–Crippen LogP) is 14.1. The molecule has 0 saturated carbocycles. The number of aromatic hydroxyl groups is 1. The number of carbonyl (C=O) groups is 3. The van der Waals surface area contributed by atoms with Crippen molar-refractivity contribution in [3.63, 3.8) is 0 Å². The van der Waals surface area contributed by atoms with Gasteiger partial charge in [0, 0.05) is 34.1 Å². The van der Waals surface area contributed by atoms with E-state index in [1.54, 1.807) is 85.8 Å². The average Bonchev–Trinajstić information content (AvgIpc) is 3.38. The molecule has 0 aromatic heterocycles. The lowest BCUT2D eigenvalue weighted by Gasteiger charge is -2.10. The minimum absolute atomic E-state index is 0.0243. The van der Waals surface area contributed by atoms with Gasteiger partial charge in [-0.25, -0.2) is 0 Å². The fourth-order valence-electron chi connectivity index (χ4n) is 7.65. The number of rotatable bonds is 16. The summed E-state index contributed by atoms with van der Waals surface area (Å²) in [7, 11) is -9.50. The van der Waals surface area contributed by atoms with E-state index in [0.29, 0.717) is 67.4 Å². The van der Waals surface area contributed by atoms with Gasteiger partial charge in [-0.2, -0.15) is 47.5 Å². The normalized spacial score (nSPS) is 12.2. The molecule has 2 amide bonds. The zero-order valence-corrected chi connectivity index (χ0v) is 42.3. The van der Waals surface area contributed by atoms with Gasteiger partial charge in [0.05, 0.1) is 40.5 Å². The number of nitrogens with one attached hydrogen (secondary N) is 2. The Bertz CT molecular complexity index is 4030. The van der Waals surface area contributed by atoms with Gasteiger partial charge in [-0.15, -0.1) is 10.2 Å². The van der Waals surface area contributed by atoms with E-state index in [1.165, 1.54) is 24.3 Å². The van der Waals surface area contributed by atoms with Crippen LogP contribution >= 0.6 is 0 Å². The summed E-state index contributed by atoms with van der Waals surface area (Å²) in [5.74, 6) is -2.03. The number of carbonyl (C=O) groups excluding carboxylic acids is 2. The number of fused-ring (bicyclic) bond motifs is 2. The number of phenolic OH excluding ortho intramolecular Hbond substituents is 1. The number of carboxylic acids is 1. The standard InChI is InChI=1S/C53H44N10O11S2/c1-29-22-39(14-18-42(29)58-56-38-15-19-43(30(2)23-38)59-63-47-28-41-34(27-49(47)76(72,73)74)6-5-7-48(41)75(69,70)71)57-61-45-24-32(4)46(25-31(45)3)62-60-44-17-10-35-26-37(13-16-40(35)52(44)67)55-53(68)33-8-11-36(12-9-33)54-50(64)20-21-51(65)66/h5-19,22-28,67H,20-21H2,1-4H3,(H,54,64)(H,55,68)(H,65,66)(H,69,70,71)(H,72,73,74). The number of anilines is 2. The molecule has 21 nitrogen and oxygen atoms in total. The molecule has 8 rings (SSSR count). The first-order chi connectivity index (χ1) is 36.1. The van der Waals surface area contributed by atoms with Crippen molar-refractivity contribution < 1.29 is 50.5 Å². The SMILES string of the molecule is Cc1cc(N=Nc2cc(C)c(N=Nc3ccc4cc(NC(=O)c5ccc(NC(=O)CCC(=O)O)cc5)ccc4c3O)cc2C)ccc1N=Nc1ccc(N=Nc2cc3c(S(=O)(=O)O)cccc3cc2S(=O)(=O)O)c(C)c1. The lowest BCUT2D eigenvalue weighted by atomic mass is 10.1. The van der Waals surface area contributed by atoms with Crippen LogP contribution in [0.4, 0.5) is 56.9 Å². The lowest BCUT2D eigenvalue weighted by Crippen LogP contribution is -2.14. The molecule has 0 aliphatic rings. The summed E-state index contributed by atoms with van der Waals surface area (Å²) in [4.78, 5) is 34.6. The molecule has 0 saturated heterocycles. The van der Waals surface area contributed by atoms with E-state index in [4.69, 9.17) is 5.11 Å². The minimum atomic E-state index is -4.81. The molecule has 0 fully saturated rings. The fraction of sp³-hybridized carbons (Fsp3) is 0.113. The third kappa shape index (κ3) is 12.7. The summed E-state index contributed by atoms with van der Waals surface area (Å²) in [6.07, 6.45) is -0.464. The van der Waals surface area contributed by atoms with Crippen LogP contribution in [0.25, 0.3) is 21.5 Å². The Hall–Kier alpha value is -9.29. The predicted molar refractivity (Wildman–Crippen MR) is 284 cm³/mol. The van der Waals surface area contributed by atoms with Crippen molar-refractivity contribution in [2.75, 3.05) is 10.6 Å². The number of amides is 2. The highest BCUT2D eigenvalue weighted by atomic mass is 32.2. The molecular formula is C53H44N10O11S2. The molecule has 0 atom stereocenters. The van der Waals surface area contributed by atoms with Gasteiger partial charge in [0.25, 0.3) is 26.1 Å². The maximum absolute atomic E-state index is 13.0. The number of nitrogens with zero attached hydrogens (tertiary/aromatic N) is 8. The van der Waals surface area contributed by atoms with Gasteiger partial charge < -0.3 is 20.8 Å². The maximum Gasteiger partial charge on any atom is 0.303 e. The van der Waals surface area contributed by atoms with Crippen LogP contribution in [-0.4, -0.2) is 53.9 Å². The first kappa shape index (κ1) is 53.0. The summed E-state index contributed by atoms with van der Waals surface area (Å²) in [6.45, 7) is 7.28. The number of carboxylic acid groups (broad SMARTS) is 1. The van der Waals surface area contributed by atoms with Crippen LogP contribution in [0.1, 0.15) is 45.5 Å². The first-order valence-corrected chi connectivity index (χ1v) is 25.7. The quantitative estimate of drug-likeness (QED) is 0.0390. The van der Waals surface area contributed by atoms with E-state index < -0.39 is 47.8 Å². The van der Waals surface area contributed by atoms with Crippen LogP contribution in [0.5, 0.6) is 5.75 Å². The molecule has 0 aliphatic carbocycles. The molecule has 8 aromatic rings. The highest BCUT2D eigenvalue weighted by molar-refractivity contribution is 7.86. The van der Waals surface area contributed by atoms with E-state index in [9.17, 15) is 45.4 Å². The highest BCUT2D eigenvalue weighted by Gasteiger charge is 2.21. The van der Waals surface area contributed by atoms with Crippen molar-refractivity contribution in [3.05, 3.63) is 161 Å². The number of phenols is 1. The molecule has 384 valence electrons. The van der Waals surface area contributed by atoms with Crippen molar-refractivity contribution in [2.45, 2.75) is 50.3 Å². The molecule has 0 spiro atoms. The average molecular weight is 1060 g/mol. The van der Waals surface area contributed by atoms with Gasteiger partial charge in [-0.05, 0) is 176 Å². The van der Waals surface area contributed by atoms with Gasteiger partial charge >= 0.3 is 5.97 Å². The van der Waals surface area contributed by atoms with Gasteiger partial charge in [0.1, 0.15) is 21.2 Å². The van der Waals surface area contributed by atoms with Crippen molar-refractivity contribution >= 4 is 116 Å². The molecule has 8 aromatic carbocycles. The Morgan fingerprint density at radius 3 is 1.57 bits per heavy atom. The zero-order valence-electron chi connectivity index (χ0n) is 40.7. The third-order valence-electron chi connectivity index (χ3n) is 11.7. The second-order valence-corrected chi connectivity index (χ2v) is 20.0. The van der Waals surface area contributed by atoms with E-state index in [1.807, 2.05) is 32.9 Å². The molecule has 0 aliphatic heterocycles. The summed E-state index contributed by atoms with van der Waals surface area (Å²) in [5.41, 5.74) is 7.04.